The molecule has 194 valence electrons. The molecule has 2 aromatic carbocycles. The molecule has 0 saturated heterocycles. The normalized spacial score (nSPS) is 14.0. The maximum atomic E-state index is 12.0. The quantitative estimate of drug-likeness (QED) is 0.322. The Balaban J connectivity index is 1.21. The van der Waals surface area contributed by atoms with Crippen molar-refractivity contribution in [2.75, 3.05) is 19.0 Å². The number of ether oxygens (including phenoxy) is 4. The Kier molecular flexibility index (Phi) is 6.26. The molecule has 39 heavy (non-hydrogen) atoms. The number of benzene rings is 2. The second-order valence-electron chi connectivity index (χ2n) is 8.55. The number of amides is 1. The van der Waals surface area contributed by atoms with E-state index < -0.39 is 12.2 Å². The van der Waals surface area contributed by atoms with Crippen molar-refractivity contribution in [3.05, 3.63) is 54.2 Å². The Morgan fingerprint density at radius 3 is 2.77 bits per heavy atom. The maximum Gasteiger partial charge on any atom is 0.425 e. The van der Waals surface area contributed by atoms with E-state index in [1.807, 2.05) is 25.1 Å². The highest BCUT2D eigenvalue weighted by Crippen LogP contribution is 2.44. The van der Waals surface area contributed by atoms with Crippen LogP contribution in [-0.4, -0.2) is 50.8 Å². The lowest BCUT2D eigenvalue weighted by atomic mass is 10.1. The predicted molar refractivity (Wildman–Crippen MR) is 144 cm³/mol. The van der Waals surface area contributed by atoms with Crippen molar-refractivity contribution in [2.45, 2.75) is 20.0 Å². The van der Waals surface area contributed by atoms with E-state index in [4.69, 9.17) is 23.9 Å². The van der Waals surface area contributed by atoms with Crippen LogP contribution in [0.3, 0.4) is 0 Å². The number of hydrogen-bond acceptors (Lipinski definition) is 11. The van der Waals surface area contributed by atoms with Gasteiger partial charge in [0.1, 0.15) is 28.2 Å². The number of aromatic nitrogens is 5. The van der Waals surface area contributed by atoms with Gasteiger partial charge < -0.3 is 18.9 Å². The molecule has 1 aliphatic heterocycles. The molecule has 1 N–H and O–H groups in total. The highest BCUT2D eigenvalue weighted by molar-refractivity contribution is 7.22. The van der Waals surface area contributed by atoms with Crippen molar-refractivity contribution in [1.82, 2.24) is 24.9 Å². The van der Waals surface area contributed by atoms with Crippen molar-refractivity contribution < 1.29 is 23.7 Å². The van der Waals surface area contributed by atoms with Crippen LogP contribution in [0.4, 0.5) is 10.5 Å². The number of methoxy groups -OCH3 is 1. The van der Waals surface area contributed by atoms with Gasteiger partial charge in [-0.25, -0.2) is 29.7 Å². The Bertz CT molecular complexity index is 1790. The first-order valence-electron chi connectivity index (χ1n) is 11.8. The molecule has 0 spiro atoms. The highest BCUT2D eigenvalue weighted by atomic mass is 32.1. The van der Waals surface area contributed by atoms with Crippen molar-refractivity contribution >= 4 is 44.4 Å². The first-order valence-corrected chi connectivity index (χ1v) is 12.6. The maximum absolute atomic E-state index is 12.0. The van der Waals surface area contributed by atoms with Gasteiger partial charge in [0.25, 0.3) is 0 Å². The average Bonchev–Trinajstić information content (AvgIpc) is 3.38. The molecule has 0 aliphatic carbocycles. The van der Waals surface area contributed by atoms with Crippen LogP contribution >= 0.6 is 11.3 Å². The zero-order valence-corrected chi connectivity index (χ0v) is 21.8. The largest absolute Gasteiger partial charge is 0.483 e. The summed E-state index contributed by atoms with van der Waals surface area (Å²) >= 11 is 1.48. The minimum absolute atomic E-state index is 0.155. The second kappa shape index (κ2) is 10.0. The van der Waals surface area contributed by atoms with Gasteiger partial charge in [-0.15, -0.1) is 11.3 Å². The molecular weight excluding hydrogens is 520 g/mol. The van der Waals surface area contributed by atoms with E-state index in [0.717, 1.165) is 37.4 Å². The number of carbonyl (C=O) groups is 1. The summed E-state index contributed by atoms with van der Waals surface area (Å²) in [6, 6.07) is 7.66. The number of nitrogens with zero attached hydrogens (tertiary/aromatic N) is 5. The third kappa shape index (κ3) is 4.95. The fraction of sp³-hybridized carbons (Fsp3) is 0.185. The summed E-state index contributed by atoms with van der Waals surface area (Å²) in [4.78, 5) is 33.9. The molecule has 4 heterocycles. The Hall–Kier alpha value is -5.02. The van der Waals surface area contributed by atoms with Crippen LogP contribution < -0.4 is 19.5 Å². The van der Waals surface area contributed by atoms with Gasteiger partial charge >= 0.3 is 6.09 Å². The summed E-state index contributed by atoms with van der Waals surface area (Å²) in [5.74, 6) is 4.92. The molecule has 0 saturated carbocycles. The van der Waals surface area contributed by atoms with Gasteiger partial charge in [0.15, 0.2) is 17.6 Å². The minimum Gasteiger partial charge on any atom is -0.483 e. The Labute approximate surface area is 226 Å². The molecule has 0 bridgehead atoms. The van der Waals surface area contributed by atoms with Gasteiger partial charge in [-0.05, 0) is 49.6 Å². The van der Waals surface area contributed by atoms with E-state index >= 15 is 0 Å². The SMILES string of the molecule is COc1cnc2c(-c3nc4ccc5c(c4s3)OC[C@H](C#COC(=O)Nc3cnc(C)nc3)O5)cc(C)cc2n1. The van der Waals surface area contributed by atoms with Gasteiger partial charge in [0.05, 0.1) is 47.9 Å². The molecule has 3 aromatic heterocycles. The van der Waals surface area contributed by atoms with E-state index in [9.17, 15) is 4.79 Å². The highest BCUT2D eigenvalue weighted by Gasteiger charge is 2.24. The summed E-state index contributed by atoms with van der Waals surface area (Å²) in [5, 5.41) is 3.29. The molecule has 6 rings (SSSR count). The van der Waals surface area contributed by atoms with Crippen LogP contribution in [0.15, 0.2) is 42.9 Å². The third-order valence-electron chi connectivity index (χ3n) is 5.72. The van der Waals surface area contributed by atoms with E-state index in [1.54, 1.807) is 26.3 Å². The lowest BCUT2D eigenvalue weighted by Crippen LogP contribution is -2.27. The van der Waals surface area contributed by atoms with E-state index in [-0.39, 0.29) is 6.61 Å². The third-order valence-corrected chi connectivity index (χ3v) is 6.83. The molecule has 0 unspecified atom stereocenters. The number of nitrogens with one attached hydrogen (secondary N) is 1. The van der Waals surface area contributed by atoms with Crippen molar-refractivity contribution in [2.24, 2.45) is 0 Å². The molecule has 1 aliphatic rings. The molecule has 5 aromatic rings. The molecule has 1 atom stereocenters. The number of aryl methyl sites for hydroxylation is 2. The fourth-order valence-electron chi connectivity index (χ4n) is 3.96. The van der Waals surface area contributed by atoms with Gasteiger partial charge in [-0.1, -0.05) is 0 Å². The first kappa shape index (κ1) is 24.3. The Morgan fingerprint density at radius 2 is 1.95 bits per heavy atom. The van der Waals surface area contributed by atoms with Crippen LogP contribution in [0.2, 0.25) is 0 Å². The number of thiazole rings is 1. The van der Waals surface area contributed by atoms with Crippen molar-refractivity contribution in [1.29, 1.82) is 0 Å². The van der Waals surface area contributed by atoms with Crippen LogP contribution in [-0.2, 0) is 4.74 Å². The van der Waals surface area contributed by atoms with Crippen molar-refractivity contribution in [3.8, 4) is 40.0 Å². The van der Waals surface area contributed by atoms with Crippen LogP contribution in [0.5, 0.6) is 17.4 Å². The predicted octanol–water partition coefficient (Wildman–Crippen LogP) is 4.67. The number of carbonyl (C=O) groups excluding carboxylic acids is 1. The number of rotatable bonds is 3. The molecule has 1 amide bonds. The zero-order valence-electron chi connectivity index (χ0n) is 21.0. The fourth-order valence-corrected chi connectivity index (χ4v) is 5.04. The average molecular weight is 541 g/mol. The number of hydrogen-bond donors (Lipinski definition) is 1. The Morgan fingerprint density at radius 1 is 1.10 bits per heavy atom. The van der Waals surface area contributed by atoms with E-state index in [2.05, 4.69) is 37.3 Å². The van der Waals surface area contributed by atoms with Gasteiger partial charge in [0.2, 0.25) is 5.88 Å². The van der Waals surface area contributed by atoms with Gasteiger partial charge in [-0.3, -0.25) is 5.32 Å². The van der Waals surface area contributed by atoms with Gasteiger partial charge in [0, 0.05) is 5.56 Å². The lowest BCUT2D eigenvalue weighted by molar-refractivity contribution is 0.130. The minimum atomic E-state index is -0.752. The summed E-state index contributed by atoms with van der Waals surface area (Å²) in [6.07, 6.45) is 5.55. The molecule has 0 fully saturated rings. The summed E-state index contributed by atoms with van der Waals surface area (Å²) in [6.45, 7) is 3.90. The first-order chi connectivity index (χ1) is 19.0. The van der Waals surface area contributed by atoms with E-state index in [0.29, 0.717) is 28.9 Å². The standard InChI is InChI=1S/C27H20N6O5S/c1-14-8-18(23-20(9-14)32-22(35-3)12-30-23)26-33-19-4-5-21-24(25(19)39-26)37-13-17(38-21)6-7-36-27(34)31-16-10-28-15(2)29-11-16/h4-5,8-12,17H,13H2,1-3H3,(H,31,34)/t17-/m0/s1. The second-order valence-corrected chi connectivity index (χ2v) is 9.55. The van der Waals surface area contributed by atoms with Crippen LogP contribution in [0.25, 0.3) is 31.8 Å². The van der Waals surface area contributed by atoms with Crippen molar-refractivity contribution in [3.63, 3.8) is 0 Å². The summed E-state index contributed by atoms with van der Waals surface area (Å²) < 4.78 is 23.0. The molecule has 12 heteroatoms. The van der Waals surface area contributed by atoms with Gasteiger partial charge in [-0.2, -0.15) is 0 Å². The number of anilines is 1. The lowest BCUT2D eigenvalue weighted by Gasteiger charge is -2.23. The zero-order chi connectivity index (χ0) is 26.9. The smallest absolute Gasteiger partial charge is 0.425 e. The van der Waals surface area contributed by atoms with Crippen LogP contribution in [0, 0.1) is 25.9 Å². The molecule has 11 nitrogen and oxygen atoms in total. The topological polar surface area (TPSA) is 130 Å². The molecule has 0 radical (unpaired) electrons. The summed E-state index contributed by atoms with van der Waals surface area (Å²) in [7, 11) is 1.56. The summed E-state index contributed by atoms with van der Waals surface area (Å²) in [5.41, 5.74) is 4.55. The number of fused-ring (bicyclic) bond motifs is 4. The van der Waals surface area contributed by atoms with E-state index in [1.165, 1.54) is 23.7 Å². The monoisotopic (exact) mass is 540 g/mol. The molecular formula is C27H20N6O5S. The van der Waals surface area contributed by atoms with Crippen LogP contribution in [0.1, 0.15) is 11.4 Å².